The summed E-state index contributed by atoms with van der Waals surface area (Å²) in [5, 5.41) is 19.6. The van der Waals surface area contributed by atoms with Crippen LogP contribution in [0, 0.1) is 16.2 Å². The van der Waals surface area contributed by atoms with Gasteiger partial charge in [0.05, 0.1) is 12.7 Å². The number of hydrogen-bond acceptors (Lipinski definition) is 3. The molecule has 0 fully saturated rings. The van der Waals surface area contributed by atoms with Crippen molar-refractivity contribution in [2.45, 2.75) is 60.7 Å². The monoisotopic (exact) mass is 350 g/mol. The summed E-state index contributed by atoms with van der Waals surface area (Å²) < 4.78 is 6.02. The first-order chi connectivity index (χ1) is 11.3. The van der Waals surface area contributed by atoms with Gasteiger partial charge in [-0.25, -0.2) is 0 Å². The molecule has 0 spiro atoms. The Bertz CT molecular complexity index is 579. The zero-order valence-corrected chi connectivity index (χ0v) is 16.0. The lowest BCUT2D eigenvalue weighted by molar-refractivity contribution is -0.181. The molecule has 0 aliphatic rings. The van der Waals surface area contributed by atoms with E-state index in [9.17, 15) is 19.8 Å². The standard InChI is InChI=1S/C20H30O5/c1-18(2,3)15(25-13-14-10-8-7-9-11-14)12-20(16(21)22,17(23)24)19(4,5)6/h7-11,15H,12-13H2,1-6H3,(H,21,22)(H,23,24). The molecule has 0 saturated heterocycles. The second kappa shape index (κ2) is 7.56. The maximum absolute atomic E-state index is 12.0. The third-order valence-electron chi connectivity index (χ3n) is 4.76. The van der Waals surface area contributed by atoms with Crippen molar-refractivity contribution in [3.63, 3.8) is 0 Å². The van der Waals surface area contributed by atoms with Gasteiger partial charge >= 0.3 is 11.9 Å². The van der Waals surface area contributed by atoms with E-state index in [1.54, 1.807) is 20.8 Å². The minimum absolute atomic E-state index is 0.0997. The predicted molar refractivity (Wildman–Crippen MR) is 96.3 cm³/mol. The molecule has 1 aromatic carbocycles. The zero-order chi connectivity index (χ0) is 19.5. The summed E-state index contributed by atoms with van der Waals surface area (Å²) in [5.74, 6) is -2.66. The second-order valence-electron chi connectivity index (χ2n) is 8.62. The lowest BCUT2D eigenvalue weighted by Crippen LogP contribution is -2.53. The molecule has 0 aliphatic heterocycles. The molecule has 1 atom stereocenters. The number of rotatable bonds is 7. The maximum Gasteiger partial charge on any atom is 0.321 e. The van der Waals surface area contributed by atoms with Crippen molar-refractivity contribution in [3.8, 4) is 0 Å². The van der Waals surface area contributed by atoms with Crippen molar-refractivity contribution in [2.75, 3.05) is 0 Å². The van der Waals surface area contributed by atoms with Gasteiger partial charge in [0, 0.05) is 6.42 Å². The topological polar surface area (TPSA) is 83.8 Å². The Morgan fingerprint density at radius 3 is 1.80 bits per heavy atom. The molecule has 25 heavy (non-hydrogen) atoms. The molecule has 1 aromatic rings. The highest BCUT2D eigenvalue weighted by Crippen LogP contribution is 2.46. The predicted octanol–water partition coefficient (Wildman–Crippen LogP) is 4.21. The van der Waals surface area contributed by atoms with Gasteiger partial charge in [-0.3, -0.25) is 9.59 Å². The minimum Gasteiger partial charge on any atom is -0.480 e. The summed E-state index contributed by atoms with van der Waals surface area (Å²) in [7, 11) is 0. The van der Waals surface area contributed by atoms with E-state index in [0.717, 1.165) is 5.56 Å². The normalized spacial score (nSPS) is 14.2. The molecule has 140 valence electrons. The van der Waals surface area contributed by atoms with Crippen molar-refractivity contribution < 1.29 is 24.5 Å². The third kappa shape index (κ3) is 4.82. The number of hydrogen-bond donors (Lipinski definition) is 2. The van der Waals surface area contributed by atoms with E-state index in [4.69, 9.17) is 4.74 Å². The van der Waals surface area contributed by atoms with E-state index in [1.165, 1.54) is 0 Å². The highest BCUT2D eigenvalue weighted by molar-refractivity contribution is 5.99. The number of carboxylic acid groups (broad SMARTS) is 2. The Labute approximate surface area is 150 Å². The molecule has 0 saturated carbocycles. The lowest BCUT2D eigenvalue weighted by atomic mass is 9.61. The smallest absolute Gasteiger partial charge is 0.321 e. The van der Waals surface area contributed by atoms with Crippen LogP contribution < -0.4 is 0 Å². The lowest BCUT2D eigenvalue weighted by Gasteiger charge is -2.42. The Kier molecular flexibility index (Phi) is 6.40. The summed E-state index contributed by atoms with van der Waals surface area (Å²) in [4.78, 5) is 24.0. The average molecular weight is 350 g/mol. The molecule has 5 heteroatoms. The van der Waals surface area contributed by atoms with Crippen LogP contribution >= 0.6 is 0 Å². The van der Waals surface area contributed by atoms with Crippen molar-refractivity contribution in [3.05, 3.63) is 35.9 Å². The van der Waals surface area contributed by atoms with Crippen molar-refractivity contribution >= 4 is 11.9 Å². The first-order valence-corrected chi connectivity index (χ1v) is 8.44. The van der Waals surface area contributed by atoms with Crippen LogP contribution in [0.2, 0.25) is 0 Å². The van der Waals surface area contributed by atoms with Crippen LogP contribution in [0.5, 0.6) is 0 Å². The molecule has 0 amide bonds. The molecule has 0 heterocycles. The number of carboxylic acids is 2. The minimum atomic E-state index is -1.93. The number of carbonyl (C=O) groups is 2. The molecule has 1 unspecified atom stereocenters. The molecule has 5 nitrogen and oxygen atoms in total. The van der Waals surface area contributed by atoms with E-state index >= 15 is 0 Å². The number of ether oxygens (including phenoxy) is 1. The molecule has 2 N–H and O–H groups in total. The van der Waals surface area contributed by atoms with E-state index < -0.39 is 34.3 Å². The van der Waals surface area contributed by atoms with Gasteiger partial charge in [-0.2, -0.15) is 0 Å². The summed E-state index contributed by atoms with van der Waals surface area (Å²) in [6, 6.07) is 9.55. The molecule has 0 aliphatic carbocycles. The van der Waals surface area contributed by atoms with Crippen LogP contribution in [0.25, 0.3) is 0 Å². The van der Waals surface area contributed by atoms with Gasteiger partial charge in [-0.1, -0.05) is 71.9 Å². The fourth-order valence-corrected chi connectivity index (χ4v) is 2.88. The number of benzene rings is 1. The Balaban J connectivity index is 3.17. The van der Waals surface area contributed by atoms with E-state index in [-0.39, 0.29) is 6.42 Å². The molecule has 0 aromatic heterocycles. The summed E-state index contributed by atoms with van der Waals surface area (Å²) in [5.41, 5.74) is -2.34. The van der Waals surface area contributed by atoms with Crippen molar-refractivity contribution in [1.29, 1.82) is 0 Å². The zero-order valence-electron chi connectivity index (χ0n) is 16.0. The third-order valence-corrected chi connectivity index (χ3v) is 4.76. The average Bonchev–Trinajstić information content (AvgIpc) is 2.44. The fourth-order valence-electron chi connectivity index (χ4n) is 2.88. The number of aliphatic carboxylic acids is 2. The van der Waals surface area contributed by atoms with Crippen LogP contribution in [-0.2, 0) is 20.9 Å². The Hall–Kier alpha value is -1.88. The first kappa shape index (κ1) is 21.2. The van der Waals surface area contributed by atoms with Gasteiger partial charge in [0.25, 0.3) is 0 Å². The molecule has 0 radical (unpaired) electrons. The second-order valence-corrected chi connectivity index (χ2v) is 8.62. The van der Waals surface area contributed by atoms with E-state index in [2.05, 4.69) is 0 Å². The fraction of sp³-hybridized carbons (Fsp3) is 0.600. The van der Waals surface area contributed by atoms with Crippen LogP contribution in [0.1, 0.15) is 53.5 Å². The van der Waals surface area contributed by atoms with Crippen LogP contribution in [-0.4, -0.2) is 28.3 Å². The summed E-state index contributed by atoms with van der Waals surface area (Å²) in [6.45, 7) is 11.0. The van der Waals surface area contributed by atoms with Crippen LogP contribution in [0.15, 0.2) is 30.3 Å². The summed E-state index contributed by atoms with van der Waals surface area (Å²) in [6.07, 6.45) is -0.628. The van der Waals surface area contributed by atoms with E-state index in [0.29, 0.717) is 6.61 Å². The first-order valence-electron chi connectivity index (χ1n) is 8.44. The van der Waals surface area contributed by atoms with Gasteiger partial charge in [-0.15, -0.1) is 0 Å². The van der Waals surface area contributed by atoms with Gasteiger partial charge in [0.15, 0.2) is 5.41 Å². The Morgan fingerprint density at radius 1 is 0.960 bits per heavy atom. The Morgan fingerprint density at radius 2 is 1.44 bits per heavy atom. The van der Waals surface area contributed by atoms with Gasteiger partial charge in [-0.05, 0) is 16.4 Å². The highest BCUT2D eigenvalue weighted by atomic mass is 16.5. The maximum atomic E-state index is 12.0. The van der Waals surface area contributed by atoms with Gasteiger partial charge < -0.3 is 14.9 Å². The van der Waals surface area contributed by atoms with Gasteiger partial charge in [0.1, 0.15) is 0 Å². The molecule has 1 rings (SSSR count). The van der Waals surface area contributed by atoms with Gasteiger partial charge in [0.2, 0.25) is 0 Å². The van der Waals surface area contributed by atoms with E-state index in [1.807, 2.05) is 51.1 Å². The SMILES string of the molecule is CC(C)(C)C(CC(C(=O)O)(C(=O)O)C(C)(C)C)OCc1ccccc1. The molecular weight excluding hydrogens is 320 g/mol. The highest BCUT2D eigenvalue weighted by Gasteiger charge is 2.57. The molecule has 0 bridgehead atoms. The van der Waals surface area contributed by atoms with Crippen LogP contribution in [0.4, 0.5) is 0 Å². The molecular formula is C20H30O5. The quantitative estimate of drug-likeness (QED) is 0.720. The van der Waals surface area contributed by atoms with Crippen LogP contribution in [0.3, 0.4) is 0 Å². The summed E-state index contributed by atoms with van der Waals surface area (Å²) >= 11 is 0. The largest absolute Gasteiger partial charge is 0.480 e. The van der Waals surface area contributed by atoms with Crippen molar-refractivity contribution in [1.82, 2.24) is 0 Å². The van der Waals surface area contributed by atoms with Crippen molar-refractivity contribution in [2.24, 2.45) is 16.2 Å².